The van der Waals surface area contributed by atoms with Crippen LogP contribution in [0.25, 0.3) is 10.9 Å². The van der Waals surface area contributed by atoms with E-state index in [0.717, 1.165) is 23.2 Å². The zero-order chi connectivity index (χ0) is 15.7. The van der Waals surface area contributed by atoms with Crippen molar-refractivity contribution in [2.75, 3.05) is 5.32 Å². The number of hydrogen-bond acceptors (Lipinski definition) is 3. The summed E-state index contributed by atoms with van der Waals surface area (Å²) in [5, 5.41) is 4.35. The minimum Gasteiger partial charge on any atom is -0.325 e. The van der Waals surface area contributed by atoms with Gasteiger partial charge in [-0.3, -0.25) is 0 Å². The van der Waals surface area contributed by atoms with E-state index in [9.17, 15) is 13.2 Å². The summed E-state index contributed by atoms with van der Waals surface area (Å²) in [6.07, 6.45) is -3.62. The lowest BCUT2D eigenvalue weighted by molar-refractivity contribution is -0.137. The quantitative estimate of drug-likeness (QED) is 0.717. The number of nitrogens with one attached hydrogen (secondary N) is 1. The first-order chi connectivity index (χ1) is 10.4. The maximum Gasteiger partial charge on any atom is 0.417 e. The van der Waals surface area contributed by atoms with Crippen LogP contribution in [0.4, 0.5) is 24.8 Å². The van der Waals surface area contributed by atoms with Crippen LogP contribution in [0.5, 0.6) is 0 Å². The lowest BCUT2D eigenvalue weighted by atomic mass is 10.2. The van der Waals surface area contributed by atoms with Crippen LogP contribution in [-0.4, -0.2) is 9.97 Å². The molecule has 22 heavy (non-hydrogen) atoms. The first-order valence-corrected chi connectivity index (χ1v) is 6.66. The summed E-state index contributed by atoms with van der Waals surface area (Å²) in [5.74, 6) is 0.774. The SMILES string of the molecule is FC(F)(F)c1ccc(Nc2ccc3cc(Cl)ccc3n2)nc1. The summed E-state index contributed by atoms with van der Waals surface area (Å²) in [7, 11) is 0. The van der Waals surface area contributed by atoms with Gasteiger partial charge >= 0.3 is 6.18 Å². The van der Waals surface area contributed by atoms with Gasteiger partial charge in [-0.15, -0.1) is 0 Å². The summed E-state index contributed by atoms with van der Waals surface area (Å²) >= 11 is 5.89. The van der Waals surface area contributed by atoms with Crippen molar-refractivity contribution < 1.29 is 13.2 Å². The van der Waals surface area contributed by atoms with Gasteiger partial charge < -0.3 is 5.32 Å². The number of hydrogen-bond donors (Lipinski definition) is 1. The predicted octanol–water partition coefficient (Wildman–Crippen LogP) is 5.05. The summed E-state index contributed by atoms with van der Waals surface area (Å²) in [6.45, 7) is 0. The van der Waals surface area contributed by atoms with Gasteiger partial charge in [0.1, 0.15) is 11.6 Å². The molecule has 0 saturated heterocycles. The standard InChI is InChI=1S/C15H9ClF3N3/c16-11-3-4-12-9(7-11)1-5-14(21-12)22-13-6-2-10(8-20-13)15(17,18)19/h1-8H,(H,20,21,22). The Kier molecular flexibility index (Phi) is 3.62. The third-order valence-electron chi connectivity index (χ3n) is 3.00. The van der Waals surface area contributed by atoms with Gasteiger partial charge in [0.2, 0.25) is 0 Å². The fraction of sp³-hybridized carbons (Fsp3) is 0.0667. The van der Waals surface area contributed by atoms with Gasteiger partial charge in [-0.05, 0) is 42.5 Å². The van der Waals surface area contributed by atoms with Crippen molar-refractivity contribution in [1.29, 1.82) is 0 Å². The van der Waals surface area contributed by atoms with Crippen LogP contribution in [0.1, 0.15) is 5.56 Å². The molecule has 1 N–H and O–H groups in total. The molecule has 0 amide bonds. The van der Waals surface area contributed by atoms with E-state index < -0.39 is 11.7 Å². The van der Waals surface area contributed by atoms with Gasteiger partial charge in [-0.2, -0.15) is 13.2 Å². The van der Waals surface area contributed by atoms with Crippen LogP contribution in [0.15, 0.2) is 48.7 Å². The van der Waals surface area contributed by atoms with E-state index >= 15 is 0 Å². The Bertz CT molecular complexity index is 816. The van der Waals surface area contributed by atoms with Crippen molar-refractivity contribution in [3.05, 3.63) is 59.2 Å². The Hall–Kier alpha value is -2.34. The second kappa shape index (κ2) is 5.46. The van der Waals surface area contributed by atoms with Crippen molar-refractivity contribution in [3.63, 3.8) is 0 Å². The average molecular weight is 324 g/mol. The van der Waals surface area contributed by atoms with Crippen LogP contribution in [0.3, 0.4) is 0 Å². The molecule has 3 rings (SSSR count). The van der Waals surface area contributed by atoms with Crippen molar-refractivity contribution in [1.82, 2.24) is 9.97 Å². The number of alkyl halides is 3. The molecule has 0 fully saturated rings. The molecule has 0 aliphatic heterocycles. The Morgan fingerprint density at radius 1 is 0.955 bits per heavy atom. The highest BCUT2D eigenvalue weighted by Crippen LogP contribution is 2.29. The van der Waals surface area contributed by atoms with Crippen molar-refractivity contribution in [2.45, 2.75) is 6.18 Å². The van der Waals surface area contributed by atoms with Gasteiger partial charge in [-0.25, -0.2) is 9.97 Å². The summed E-state index contributed by atoms with van der Waals surface area (Å²) in [4.78, 5) is 8.09. The lowest BCUT2D eigenvalue weighted by Crippen LogP contribution is -2.06. The van der Waals surface area contributed by atoms with Crippen molar-refractivity contribution in [3.8, 4) is 0 Å². The summed E-state index contributed by atoms with van der Waals surface area (Å²) in [6, 6.07) is 11.0. The predicted molar refractivity (Wildman–Crippen MR) is 79.3 cm³/mol. The number of aromatic nitrogens is 2. The molecular weight excluding hydrogens is 315 g/mol. The molecule has 0 unspecified atom stereocenters. The maximum atomic E-state index is 12.5. The number of anilines is 2. The molecule has 0 aliphatic rings. The second-order valence-corrected chi connectivity index (χ2v) is 5.02. The third-order valence-corrected chi connectivity index (χ3v) is 3.23. The van der Waals surface area contributed by atoms with Crippen LogP contribution in [0, 0.1) is 0 Å². The lowest BCUT2D eigenvalue weighted by Gasteiger charge is -2.08. The van der Waals surface area contributed by atoms with E-state index in [1.165, 1.54) is 6.07 Å². The summed E-state index contributed by atoms with van der Waals surface area (Å²) in [5.41, 5.74) is -0.0690. The highest BCUT2D eigenvalue weighted by Gasteiger charge is 2.30. The first kappa shape index (κ1) is 14.6. The van der Waals surface area contributed by atoms with Gasteiger partial charge in [0.15, 0.2) is 0 Å². The minimum atomic E-state index is -4.40. The topological polar surface area (TPSA) is 37.8 Å². The van der Waals surface area contributed by atoms with Gasteiger partial charge in [0, 0.05) is 16.6 Å². The van der Waals surface area contributed by atoms with E-state index in [2.05, 4.69) is 15.3 Å². The normalized spacial score (nSPS) is 11.6. The number of nitrogens with zero attached hydrogens (tertiary/aromatic N) is 2. The Labute approximate surface area is 128 Å². The largest absolute Gasteiger partial charge is 0.417 e. The molecule has 0 bridgehead atoms. The molecule has 1 aromatic carbocycles. The van der Waals surface area contributed by atoms with Crippen LogP contribution >= 0.6 is 11.6 Å². The first-order valence-electron chi connectivity index (χ1n) is 6.28. The average Bonchev–Trinajstić information content (AvgIpc) is 2.47. The number of benzene rings is 1. The Morgan fingerprint density at radius 2 is 1.73 bits per heavy atom. The molecule has 2 aromatic heterocycles. The van der Waals surface area contributed by atoms with E-state index in [4.69, 9.17) is 11.6 Å². The number of halogens is 4. The molecule has 3 aromatic rings. The van der Waals surface area contributed by atoms with Crippen molar-refractivity contribution >= 4 is 34.1 Å². The zero-order valence-corrected chi connectivity index (χ0v) is 11.8. The smallest absolute Gasteiger partial charge is 0.325 e. The monoisotopic (exact) mass is 323 g/mol. The highest BCUT2D eigenvalue weighted by atomic mass is 35.5. The van der Waals surface area contributed by atoms with Gasteiger partial charge in [0.25, 0.3) is 0 Å². The number of pyridine rings is 2. The minimum absolute atomic E-state index is 0.286. The fourth-order valence-electron chi connectivity index (χ4n) is 1.93. The molecule has 0 saturated carbocycles. The second-order valence-electron chi connectivity index (χ2n) is 4.59. The molecule has 2 heterocycles. The van der Waals surface area contributed by atoms with Crippen LogP contribution < -0.4 is 5.32 Å². The van der Waals surface area contributed by atoms with E-state index in [1.54, 1.807) is 24.3 Å². The molecule has 0 spiro atoms. The molecule has 3 nitrogen and oxygen atoms in total. The van der Waals surface area contributed by atoms with Gasteiger partial charge in [0.05, 0.1) is 11.1 Å². The third kappa shape index (κ3) is 3.12. The van der Waals surface area contributed by atoms with E-state index in [1.807, 2.05) is 6.07 Å². The number of fused-ring (bicyclic) bond motifs is 1. The van der Waals surface area contributed by atoms with Crippen LogP contribution in [-0.2, 0) is 6.18 Å². The zero-order valence-electron chi connectivity index (χ0n) is 11.0. The molecule has 7 heteroatoms. The van der Waals surface area contributed by atoms with Crippen LogP contribution in [0.2, 0.25) is 5.02 Å². The molecule has 0 radical (unpaired) electrons. The number of rotatable bonds is 2. The Morgan fingerprint density at radius 3 is 2.41 bits per heavy atom. The molecule has 112 valence electrons. The molecule has 0 atom stereocenters. The van der Waals surface area contributed by atoms with Gasteiger partial charge in [-0.1, -0.05) is 11.6 Å². The summed E-state index contributed by atoms with van der Waals surface area (Å²) < 4.78 is 37.4. The Balaban J connectivity index is 1.85. The highest BCUT2D eigenvalue weighted by molar-refractivity contribution is 6.31. The van der Waals surface area contributed by atoms with Crippen molar-refractivity contribution in [2.24, 2.45) is 0 Å². The fourth-order valence-corrected chi connectivity index (χ4v) is 2.11. The molecule has 0 aliphatic carbocycles. The molecular formula is C15H9ClF3N3. The van der Waals surface area contributed by atoms with E-state index in [-0.39, 0.29) is 5.82 Å². The van der Waals surface area contributed by atoms with E-state index in [0.29, 0.717) is 10.8 Å². The maximum absolute atomic E-state index is 12.5.